The number of hydrogen-bond acceptors (Lipinski definition) is 5. The van der Waals surface area contributed by atoms with Crippen LogP contribution in [-0.4, -0.2) is 14.8 Å². The van der Waals surface area contributed by atoms with Crippen LogP contribution in [0.3, 0.4) is 0 Å². The number of aryl methyl sites for hydroxylation is 2. The lowest BCUT2D eigenvalue weighted by Crippen LogP contribution is -2.18. The molecule has 1 aromatic carbocycles. The molecule has 8 heteroatoms. The maximum atomic E-state index is 12.5. The van der Waals surface area contributed by atoms with Crippen molar-refractivity contribution in [2.45, 2.75) is 25.8 Å². The lowest BCUT2D eigenvalue weighted by atomic mass is 10.1. The summed E-state index contributed by atoms with van der Waals surface area (Å²) in [6.07, 6.45) is 0.154. The van der Waals surface area contributed by atoms with Crippen molar-refractivity contribution in [3.63, 3.8) is 0 Å². The van der Waals surface area contributed by atoms with Gasteiger partial charge < -0.3 is 8.98 Å². The average Bonchev–Trinajstić information content (AvgIpc) is 3.14. The molecule has 0 bridgehead atoms. The number of nitriles is 1. The minimum Gasteiger partial charge on any atom is -0.415 e. The van der Waals surface area contributed by atoms with E-state index in [1.165, 1.54) is 10.6 Å². The molecule has 0 atom stereocenters. The van der Waals surface area contributed by atoms with E-state index in [1.54, 1.807) is 18.3 Å². The molecule has 6 nitrogen and oxygen atoms in total. The van der Waals surface area contributed by atoms with E-state index < -0.39 is 12.3 Å². The van der Waals surface area contributed by atoms with Gasteiger partial charge >= 0.3 is 6.43 Å². The van der Waals surface area contributed by atoms with Crippen LogP contribution in [0, 0.1) is 11.3 Å². The van der Waals surface area contributed by atoms with Crippen molar-refractivity contribution in [3.05, 3.63) is 70.0 Å². The summed E-state index contributed by atoms with van der Waals surface area (Å²) < 4.78 is 31.3. The monoisotopic (exact) mass is 356 g/mol. The van der Waals surface area contributed by atoms with Crippen LogP contribution in [0.5, 0.6) is 0 Å². The van der Waals surface area contributed by atoms with Crippen LogP contribution in [0.4, 0.5) is 8.78 Å². The largest absolute Gasteiger partial charge is 0.415 e. The molecule has 0 radical (unpaired) electrons. The topological polar surface area (TPSA) is 84.7 Å². The number of nitrogens with zero attached hydrogens (tertiary/aromatic N) is 4. The van der Waals surface area contributed by atoms with Crippen molar-refractivity contribution in [3.8, 4) is 17.5 Å². The smallest absolute Gasteiger partial charge is 0.314 e. The summed E-state index contributed by atoms with van der Waals surface area (Å²) in [5, 5.41) is 15.7. The molecule has 3 aromatic rings. The third kappa shape index (κ3) is 4.00. The molecule has 0 aliphatic rings. The number of rotatable bonds is 6. The van der Waals surface area contributed by atoms with Crippen molar-refractivity contribution >= 4 is 0 Å². The highest BCUT2D eigenvalue weighted by Crippen LogP contribution is 2.22. The van der Waals surface area contributed by atoms with Gasteiger partial charge in [0.15, 0.2) is 0 Å². The van der Waals surface area contributed by atoms with Crippen molar-refractivity contribution in [2.75, 3.05) is 0 Å². The van der Waals surface area contributed by atoms with Crippen LogP contribution in [0.1, 0.15) is 29.9 Å². The molecule has 0 fully saturated rings. The molecular weight excluding hydrogens is 342 g/mol. The Bertz CT molecular complexity index is 1000. The first-order valence-electron chi connectivity index (χ1n) is 7.88. The fraction of sp³-hybridized carbons (Fsp3) is 0.222. The number of alkyl halides is 2. The molecule has 0 unspecified atom stereocenters. The number of pyridine rings is 1. The Labute approximate surface area is 147 Å². The van der Waals surface area contributed by atoms with Crippen LogP contribution in [0.25, 0.3) is 11.5 Å². The molecule has 0 saturated carbocycles. The van der Waals surface area contributed by atoms with Crippen LogP contribution in [-0.2, 0) is 13.0 Å². The second-order valence-corrected chi connectivity index (χ2v) is 5.61. The Morgan fingerprint density at radius 3 is 2.77 bits per heavy atom. The summed E-state index contributed by atoms with van der Waals surface area (Å²) in [6, 6.07) is 12.3. The summed E-state index contributed by atoms with van der Waals surface area (Å²) in [6.45, 7) is 0.488. The van der Waals surface area contributed by atoms with Crippen molar-refractivity contribution in [2.24, 2.45) is 0 Å². The Hall–Kier alpha value is -3.34. The van der Waals surface area contributed by atoms with E-state index in [0.29, 0.717) is 24.1 Å². The fourth-order valence-corrected chi connectivity index (χ4v) is 2.51. The molecule has 2 heterocycles. The van der Waals surface area contributed by atoms with Crippen LogP contribution in [0.2, 0.25) is 0 Å². The molecule has 0 N–H and O–H groups in total. The van der Waals surface area contributed by atoms with Gasteiger partial charge in [-0.25, -0.2) is 0 Å². The van der Waals surface area contributed by atoms with E-state index in [2.05, 4.69) is 16.3 Å². The molecule has 2 aromatic heterocycles. The number of benzene rings is 1. The third-order valence-electron chi connectivity index (χ3n) is 3.79. The first-order chi connectivity index (χ1) is 12.6. The zero-order valence-electron chi connectivity index (χ0n) is 13.6. The van der Waals surface area contributed by atoms with Crippen LogP contribution in [0.15, 0.2) is 51.8 Å². The van der Waals surface area contributed by atoms with Gasteiger partial charge in [-0.2, -0.15) is 14.0 Å². The highest BCUT2D eigenvalue weighted by Gasteiger charge is 2.17. The Morgan fingerprint density at radius 2 is 2.08 bits per heavy atom. The maximum absolute atomic E-state index is 12.5. The van der Waals surface area contributed by atoms with Gasteiger partial charge in [0.05, 0.1) is 11.6 Å². The quantitative estimate of drug-likeness (QED) is 0.676. The molecule has 132 valence electrons. The van der Waals surface area contributed by atoms with Crippen molar-refractivity contribution in [1.29, 1.82) is 5.26 Å². The lowest BCUT2D eigenvalue weighted by Gasteiger charge is -2.06. The van der Waals surface area contributed by atoms with E-state index >= 15 is 0 Å². The molecule has 3 rings (SSSR count). The van der Waals surface area contributed by atoms with Crippen molar-refractivity contribution in [1.82, 2.24) is 14.8 Å². The van der Waals surface area contributed by atoms with E-state index in [1.807, 2.05) is 18.2 Å². The first-order valence-corrected chi connectivity index (χ1v) is 7.88. The molecule has 0 aliphatic carbocycles. The maximum Gasteiger partial charge on any atom is 0.314 e. The molecular formula is C18H14F2N4O2. The number of halogens is 2. The van der Waals surface area contributed by atoms with E-state index in [0.717, 1.165) is 12.0 Å². The summed E-state index contributed by atoms with van der Waals surface area (Å²) in [5.74, 6) is -0.887. The summed E-state index contributed by atoms with van der Waals surface area (Å²) >= 11 is 0. The average molecular weight is 356 g/mol. The summed E-state index contributed by atoms with van der Waals surface area (Å²) in [5.41, 5.74) is 1.64. The Balaban J connectivity index is 1.66. The lowest BCUT2D eigenvalue weighted by molar-refractivity contribution is 0.116. The zero-order chi connectivity index (χ0) is 18.5. The van der Waals surface area contributed by atoms with E-state index in [9.17, 15) is 13.6 Å². The number of hydrogen-bond donors (Lipinski definition) is 0. The van der Waals surface area contributed by atoms with Crippen LogP contribution >= 0.6 is 0 Å². The van der Waals surface area contributed by atoms with Gasteiger partial charge in [-0.15, -0.1) is 10.2 Å². The molecule has 0 aliphatic heterocycles. The highest BCUT2D eigenvalue weighted by molar-refractivity contribution is 5.50. The number of aromatic nitrogens is 3. The minimum absolute atomic E-state index is 0.113. The highest BCUT2D eigenvalue weighted by atomic mass is 19.3. The second-order valence-electron chi connectivity index (χ2n) is 5.61. The SMILES string of the molecule is N#Cc1cccc(CCCn2ccc(-c3nnc(C(F)F)o3)cc2=O)c1. The fourth-order valence-electron chi connectivity index (χ4n) is 2.51. The van der Waals surface area contributed by atoms with Gasteiger partial charge in [-0.1, -0.05) is 12.1 Å². The summed E-state index contributed by atoms with van der Waals surface area (Å²) in [4.78, 5) is 12.2. The third-order valence-corrected chi connectivity index (χ3v) is 3.79. The molecule has 0 spiro atoms. The standard InChI is InChI=1S/C18H14F2N4O2/c19-16(20)18-23-22-17(26-18)14-6-8-24(15(25)10-14)7-2-5-12-3-1-4-13(9-12)11-21/h1,3-4,6,8-10,16H,2,5,7H2. The van der Waals surface area contributed by atoms with Crippen LogP contribution < -0.4 is 5.56 Å². The first kappa shape index (κ1) is 17.5. The predicted molar refractivity (Wildman–Crippen MR) is 88.4 cm³/mol. The van der Waals surface area contributed by atoms with Gasteiger partial charge in [-0.3, -0.25) is 4.79 Å². The normalized spacial score (nSPS) is 10.8. The van der Waals surface area contributed by atoms with Gasteiger partial charge in [0, 0.05) is 24.4 Å². The summed E-state index contributed by atoms with van der Waals surface area (Å²) in [7, 11) is 0. The van der Waals surface area contributed by atoms with Gasteiger partial charge in [0.2, 0.25) is 5.89 Å². The zero-order valence-corrected chi connectivity index (χ0v) is 13.6. The Morgan fingerprint density at radius 1 is 1.23 bits per heavy atom. The van der Waals surface area contributed by atoms with Crippen molar-refractivity contribution < 1.29 is 13.2 Å². The van der Waals surface area contributed by atoms with E-state index in [-0.39, 0.29) is 11.4 Å². The van der Waals surface area contributed by atoms with Gasteiger partial charge in [0.25, 0.3) is 11.4 Å². The molecule has 0 saturated heterocycles. The van der Waals surface area contributed by atoms with Gasteiger partial charge in [-0.05, 0) is 36.6 Å². The predicted octanol–water partition coefficient (Wildman–Crippen LogP) is 3.34. The minimum atomic E-state index is -2.85. The molecule has 0 amide bonds. The molecule has 26 heavy (non-hydrogen) atoms. The van der Waals surface area contributed by atoms with Gasteiger partial charge in [0.1, 0.15) is 0 Å². The van der Waals surface area contributed by atoms with E-state index in [4.69, 9.17) is 9.68 Å². The second kappa shape index (κ2) is 7.70. The Kier molecular flexibility index (Phi) is 5.17.